The Kier molecular flexibility index (Phi) is 8.55. The molecule has 0 aromatic heterocycles. The lowest BCUT2D eigenvalue weighted by atomic mass is 9.85. The Labute approximate surface area is 101 Å². The van der Waals surface area contributed by atoms with Crippen LogP contribution in [-0.2, 0) is 4.74 Å². The second-order valence-electron chi connectivity index (χ2n) is 5.24. The third-order valence-corrected chi connectivity index (χ3v) is 3.51. The molecule has 1 nitrogen and oxygen atoms in total. The first kappa shape index (κ1) is 15.2. The van der Waals surface area contributed by atoms with Crippen molar-refractivity contribution in [2.45, 2.75) is 53.4 Å². The fourth-order valence-electron chi connectivity index (χ4n) is 1.60. The van der Waals surface area contributed by atoms with E-state index in [0.29, 0.717) is 0 Å². The van der Waals surface area contributed by atoms with Crippen LogP contribution in [0.4, 0.5) is 0 Å². The Hall–Kier alpha value is 0.250. The smallest absolute Gasteiger partial charge is 0.0471 e. The standard InChI is InChI=1S/C13H27ClO/c1-5-7-13(4,11-14)8-10-15-9-6-12(2)3/h12H,5-11H2,1-4H3. The normalized spacial score (nSPS) is 15.6. The number of alkyl halides is 1. The van der Waals surface area contributed by atoms with E-state index in [1.165, 1.54) is 12.8 Å². The Morgan fingerprint density at radius 1 is 1.20 bits per heavy atom. The van der Waals surface area contributed by atoms with Gasteiger partial charge in [-0.1, -0.05) is 34.1 Å². The average Bonchev–Trinajstić information content (AvgIpc) is 2.17. The summed E-state index contributed by atoms with van der Waals surface area (Å²) in [6, 6.07) is 0. The van der Waals surface area contributed by atoms with Gasteiger partial charge in [-0.2, -0.15) is 0 Å². The van der Waals surface area contributed by atoms with Crippen LogP contribution in [0.5, 0.6) is 0 Å². The van der Waals surface area contributed by atoms with Crippen LogP contribution < -0.4 is 0 Å². The maximum absolute atomic E-state index is 6.00. The average molecular weight is 235 g/mol. The van der Waals surface area contributed by atoms with Crippen LogP contribution in [0.15, 0.2) is 0 Å². The highest BCUT2D eigenvalue weighted by molar-refractivity contribution is 6.18. The van der Waals surface area contributed by atoms with Crippen molar-refractivity contribution in [1.82, 2.24) is 0 Å². The van der Waals surface area contributed by atoms with Crippen molar-refractivity contribution in [2.75, 3.05) is 19.1 Å². The van der Waals surface area contributed by atoms with Gasteiger partial charge in [-0.25, -0.2) is 0 Å². The van der Waals surface area contributed by atoms with E-state index in [9.17, 15) is 0 Å². The number of hydrogen-bond acceptors (Lipinski definition) is 1. The first-order valence-corrected chi connectivity index (χ1v) is 6.71. The molecule has 0 aliphatic rings. The molecule has 0 aromatic carbocycles. The molecular weight excluding hydrogens is 208 g/mol. The van der Waals surface area contributed by atoms with E-state index in [4.69, 9.17) is 16.3 Å². The summed E-state index contributed by atoms with van der Waals surface area (Å²) in [5.74, 6) is 1.48. The zero-order chi connectivity index (χ0) is 11.7. The van der Waals surface area contributed by atoms with Crippen molar-refractivity contribution in [1.29, 1.82) is 0 Å². The van der Waals surface area contributed by atoms with Gasteiger partial charge in [-0.05, 0) is 30.6 Å². The predicted molar refractivity (Wildman–Crippen MR) is 68.6 cm³/mol. The lowest BCUT2D eigenvalue weighted by molar-refractivity contribution is 0.0941. The molecule has 0 fully saturated rings. The molecule has 0 bridgehead atoms. The zero-order valence-electron chi connectivity index (χ0n) is 10.8. The van der Waals surface area contributed by atoms with Crippen molar-refractivity contribution >= 4 is 11.6 Å². The molecule has 0 N–H and O–H groups in total. The lowest BCUT2D eigenvalue weighted by Crippen LogP contribution is -2.21. The quantitative estimate of drug-likeness (QED) is 0.422. The van der Waals surface area contributed by atoms with Gasteiger partial charge in [0, 0.05) is 19.1 Å². The molecule has 0 aliphatic heterocycles. The van der Waals surface area contributed by atoms with E-state index in [0.717, 1.165) is 37.9 Å². The van der Waals surface area contributed by atoms with Gasteiger partial charge in [0.15, 0.2) is 0 Å². The van der Waals surface area contributed by atoms with Crippen LogP contribution in [0, 0.1) is 11.3 Å². The van der Waals surface area contributed by atoms with Gasteiger partial charge >= 0.3 is 0 Å². The number of ether oxygens (including phenoxy) is 1. The van der Waals surface area contributed by atoms with Gasteiger partial charge in [0.1, 0.15) is 0 Å². The van der Waals surface area contributed by atoms with Gasteiger partial charge in [-0.15, -0.1) is 11.6 Å². The molecule has 2 heteroatoms. The fourth-order valence-corrected chi connectivity index (χ4v) is 1.87. The first-order chi connectivity index (χ1) is 7.04. The summed E-state index contributed by atoms with van der Waals surface area (Å²) in [6.45, 7) is 10.7. The third-order valence-electron chi connectivity index (χ3n) is 2.87. The Morgan fingerprint density at radius 3 is 2.33 bits per heavy atom. The molecule has 0 heterocycles. The molecule has 0 saturated carbocycles. The molecule has 0 amide bonds. The third kappa shape index (κ3) is 8.10. The summed E-state index contributed by atoms with van der Waals surface area (Å²) in [7, 11) is 0. The van der Waals surface area contributed by atoms with Gasteiger partial charge in [0.05, 0.1) is 0 Å². The summed E-state index contributed by atoms with van der Waals surface area (Å²) in [6.07, 6.45) is 4.65. The minimum Gasteiger partial charge on any atom is -0.381 e. The van der Waals surface area contributed by atoms with E-state index < -0.39 is 0 Å². The summed E-state index contributed by atoms with van der Waals surface area (Å²) in [4.78, 5) is 0. The van der Waals surface area contributed by atoms with E-state index in [2.05, 4.69) is 27.7 Å². The number of halogens is 1. The monoisotopic (exact) mass is 234 g/mol. The maximum atomic E-state index is 6.00. The van der Waals surface area contributed by atoms with E-state index in [1.807, 2.05) is 0 Å². The number of hydrogen-bond donors (Lipinski definition) is 0. The summed E-state index contributed by atoms with van der Waals surface area (Å²) < 4.78 is 5.63. The SMILES string of the molecule is CCCC(C)(CCl)CCOCCC(C)C. The van der Waals surface area contributed by atoms with Gasteiger partial charge in [0.2, 0.25) is 0 Å². The molecule has 1 atom stereocenters. The molecule has 0 aliphatic carbocycles. The van der Waals surface area contributed by atoms with Crippen molar-refractivity contribution in [2.24, 2.45) is 11.3 Å². The van der Waals surface area contributed by atoms with Crippen molar-refractivity contribution in [3.8, 4) is 0 Å². The van der Waals surface area contributed by atoms with Gasteiger partial charge in [0.25, 0.3) is 0 Å². The van der Waals surface area contributed by atoms with Crippen molar-refractivity contribution in [3.05, 3.63) is 0 Å². The molecule has 15 heavy (non-hydrogen) atoms. The van der Waals surface area contributed by atoms with Crippen molar-refractivity contribution < 1.29 is 4.74 Å². The second-order valence-corrected chi connectivity index (χ2v) is 5.51. The molecule has 0 radical (unpaired) electrons. The molecule has 0 spiro atoms. The van der Waals surface area contributed by atoms with Gasteiger partial charge in [-0.3, -0.25) is 0 Å². The maximum Gasteiger partial charge on any atom is 0.0471 e. The van der Waals surface area contributed by atoms with Crippen LogP contribution in [0.3, 0.4) is 0 Å². The van der Waals surface area contributed by atoms with E-state index in [1.54, 1.807) is 0 Å². The summed E-state index contributed by atoms with van der Waals surface area (Å²) in [5, 5.41) is 0. The van der Waals surface area contributed by atoms with E-state index in [-0.39, 0.29) is 5.41 Å². The topological polar surface area (TPSA) is 9.23 Å². The summed E-state index contributed by atoms with van der Waals surface area (Å²) >= 11 is 6.00. The largest absolute Gasteiger partial charge is 0.381 e. The van der Waals surface area contributed by atoms with Crippen LogP contribution in [-0.4, -0.2) is 19.1 Å². The fraction of sp³-hybridized carbons (Fsp3) is 1.00. The van der Waals surface area contributed by atoms with Crippen LogP contribution in [0.25, 0.3) is 0 Å². The minimum atomic E-state index is 0.272. The van der Waals surface area contributed by atoms with Crippen LogP contribution in [0.2, 0.25) is 0 Å². The molecular formula is C13H27ClO. The lowest BCUT2D eigenvalue weighted by Gasteiger charge is -2.26. The predicted octanol–water partition coefficient (Wildman–Crippen LogP) is 4.48. The molecule has 92 valence electrons. The highest BCUT2D eigenvalue weighted by Crippen LogP contribution is 2.28. The highest BCUT2D eigenvalue weighted by Gasteiger charge is 2.21. The molecule has 1 unspecified atom stereocenters. The summed E-state index contributed by atoms with van der Waals surface area (Å²) in [5.41, 5.74) is 0.272. The number of rotatable bonds is 9. The second kappa shape index (κ2) is 8.41. The van der Waals surface area contributed by atoms with Gasteiger partial charge < -0.3 is 4.74 Å². The first-order valence-electron chi connectivity index (χ1n) is 6.18. The molecule has 0 rings (SSSR count). The zero-order valence-corrected chi connectivity index (χ0v) is 11.6. The van der Waals surface area contributed by atoms with Crippen LogP contribution in [0.1, 0.15) is 53.4 Å². The Bertz CT molecular complexity index is 147. The Morgan fingerprint density at radius 2 is 1.87 bits per heavy atom. The Balaban J connectivity index is 3.54. The van der Waals surface area contributed by atoms with E-state index >= 15 is 0 Å². The van der Waals surface area contributed by atoms with Crippen molar-refractivity contribution in [3.63, 3.8) is 0 Å². The minimum absolute atomic E-state index is 0.272. The highest BCUT2D eigenvalue weighted by atomic mass is 35.5. The van der Waals surface area contributed by atoms with Crippen LogP contribution >= 0.6 is 11.6 Å². The molecule has 0 aromatic rings. The molecule has 0 saturated heterocycles.